The highest BCUT2D eigenvalue weighted by Crippen LogP contribution is 2.43. The van der Waals surface area contributed by atoms with Crippen molar-refractivity contribution >= 4 is 17.6 Å². The molecule has 1 amide bonds. The number of aromatic carboxylic acids is 1. The first-order chi connectivity index (χ1) is 17.9. The molecular weight excluding hydrogens is 471 g/mol. The lowest BCUT2D eigenvalue weighted by atomic mass is 9.77. The van der Waals surface area contributed by atoms with E-state index in [-0.39, 0.29) is 22.7 Å². The summed E-state index contributed by atoms with van der Waals surface area (Å²) in [5, 5.41) is 9.14. The summed E-state index contributed by atoms with van der Waals surface area (Å²) in [5.74, 6) is -0.404. The highest BCUT2D eigenvalue weighted by atomic mass is 19.1. The van der Waals surface area contributed by atoms with Gasteiger partial charge in [-0.1, -0.05) is 18.2 Å². The molecule has 2 fully saturated rings. The fraction of sp³-hybridized carbons (Fsp3) is 0.333. The number of carboxylic acids is 1. The first kappa shape index (κ1) is 25.0. The average Bonchev–Trinajstić information content (AvgIpc) is 3.21. The molecule has 0 atom stereocenters. The molecular formula is C30H31FN2O4. The number of carboxylic acid groups (broad SMARTS) is 1. The third-order valence-corrected chi connectivity index (χ3v) is 7.53. The maximum atomic E-state index is 14.5. The van der Waals surface area contributed by atoms with Crippen LogP contribution < -0.4 is 9.64 Å². The van der Waals surface area contributed by atoms with Crippen LogP contribution in [0.3, 0.4) is 0 Å². The molecule has 0 radical (unpaired) electrons. The van der Waals surface area contributed by atoms with Gasteiger partial charge in [0, 0.05) is 30.8 Å². The molecule has 2 heterocycles. The number of halogens is 1. The number of rotatable bonds is 7. The van der Waals surface area contributed by atoms with Crippen LogP contribution in [0.5, 0.6) is 5.75 Å². The normalized spacial score (nSPS) is 17.4. The third-order valence-electron chi connectivity index (χ3n) is 7.53. The van der Waals surface area contributed by atoms with Crippen LogP contribution in [0.1, 0.15) is 42.1 Å². The summed E-state index contributed by atoms with van der Waals surface area (Å²) in [4.78, 5) is 28.2. The van der Waals surface area contributed by atoms with Gasteiger partial charge < -0.3 is 14.7 Å². The summed E-state index contributed by atoms with van der Waals surface area (Å²) >= 11 is 0. The van der Waals surface area contributed by atoms with Crippen molar-refractivity contribution in [3.8, 4) is 16.9 Å². The molecule has 37 heavy (non-hydrogen) atoms. The van der Waals surface area contributed by atoms with Crippen molar-refractivity contribution in [2.75, 3.05) is 31.1 Å². The molecule has 192 valence electrons. The van der Waals surface area contributed by atoms with Crippen molar-refractivity contribution in [1.82, 2.24) is 4.90 Å². The van der Waals surface area contributed by atoms with E-state index in [0.717, 1.165) is 55.0 Å². The maximum absolute atomic E-state index is 14.5. The number of ether oxygens (including phenoxy) is 1. The predicted molar refractivity (Wildman–Crippen MR) is 140 cm³/mol. The van der Waals surface area contributed by atoms with Gasteiger partial charge in [-0.25, -0.2) is 9.18 Å². The highest BCUT2D eigenvalue weighted by molar-refractivity contribution is 5.97. The smallest absolute Gasteiger partial charge is 0.335 e. The van der Waals surface area contributed by atoms with Crippen LogP contribution in [0.4, 0.5) is 10.1 Å². The Morgan fingerprint density at radius 1 is 1.05 bits per heavy atom. The molecule has 3 aromatic rings. The van der Waals surface area contributed by atoms with Crippen LogP contribution in [-0.2, 0) is 11.3 Å². The van der Waals surface area contributed by atoms with Gasteiger partial charge in [-0.05, 0) is 97.9 Å². The van der Waals surface area contributed by atoms with E-state index in [9.17, 15) is 14.0 Å². The van der Waals surface area contributed by atoms with E-state index in [1.165, 1.54) is 6.07 Å². The number of amides is 1. The van der Waals surface area contributed by atoms with Crippen molar-refractivity contribution in [2.45, 2.75) is 32.7 Å². The molecule has 3 aromatic carbocycles. The minimum absolute atomic E-state index is 0.0649. The van der Waals surface area contributed by atoms with Crippen LogP contribution in [0.25, 0.3) is 11.1 Å². The largest absolute Gasteiger partial charge is 0.494 e. The number of hydrogen-bond donors (Lipinski definition) is 1. The van der Waals surface area contributed by atoms with Crippen LogP contribution in [-0.4, -0.2) is 48.1 Å². The fourth-order valence-corrected chi connectivity index (χ4v) is 5.55. The number of carbonyl (C=O) groups is 2. The lowest BCUT2D eigenvalue weighted by molar-refractivity contribution is -0.118. The van der Waals surface area contributed by atoms with E-state index < -0.39 is 5.97 Å². The van der Waals surface area contributed by atoms with Gasteiger partial charge in [0.1, 0.15) is 11.6 Å². The quantitative estimate of drug-likeness (QED) is 0.455. The van der Waals surface area contributed by atoms with Crippen molar-refractivity contribution in [3.63, 3.8) is 0 Å². The molecule has 5 rings (SSSR count). The monoisotopic (exact) mass is 502 g/mol. The van der Waals surface area contributed by atoms with Gasteiger partial charge in [0.15, 0.2) is 0 Å². The molecule has 0 saturated carbocycles. The molecule has 2 aliphatic heterocycles. The summed E-state index contributed by atoms with van der Waals surface area (Å²) in [6.45, 7) is 5.60. The van der Waals surface area contributed by atoms with Crippen molar-refractivity contribution < 1.29 is 23.8 Å². The van der Waals surface area contributed by atoms with E-state index >= 15 is 0 Å². The number of hydrogen-bond acceptors (Lipinski definition) is 4. The predicted octanol–water partition coefficient (Wildman–Crippen LogP) is 5.61. The standard InChI is InChI=1S/C30H31FN2O4/c1-2-37-25-16-21(15-23(17-25)26-5-3-4-6-27(26)31)19-32-13-11-30(12-14-32)18-28(34)33(20-30)24-9-7-22(8-10-24)29(35)36/h3-10,15-17H,2,11-14,18-20H2,1H3,(H,35,36). The summed E-state index contributed by atoms with van der Waals surface area (Å²) < 4.78 is 20.3. The highest BCUT2D eigenvalue weighted by Gasteiger charge is 2.45. The SMILES string of the molecule is CCOc1cc(CN2CCC3(CC2)CC(=O)N(c2ccc(C(=O)O)cc2)C3)cc(-c2ccccc2F)c1. The number of benzene rings is 3. The summed E-state index contributed by atoms with van der Waals surface area (Å²) in [5.41, 5.74) is 3.34. The van der Waals surface area contributed by atoms with Gasteiger partial charge in [0.25, 0.3) is 0 Å². The Labute approximate surface area is 216 Å². The summed E-state index contributed by atoms with van der Waals surface area (Å²) in [7, 11) is 0. The zero-order valence-corrected chi connectivity index (χ0v) is 21.0. The van der Waals surface area contributed by atoms with E-state index in [2.05, 4.69) is 4.90 Å². The molecule has 0 aliphatic carbocycles. The Morgan fingerprint density at radius 2 is 1.78 bits per heavy atom. The topological polar surface area (TPSA) is 70.1 Å². The number of nitrogens with zero attached hydrogens (tertiary/aromatic N) is 2. The molecule has 2 saturated heterocycles. The van der Waals surface area contributed by atoms with E-state index in [1.54, 1.807) is 41.3 Å². The molecule has 7 heteroatoms. The van der Waals surface area contributed by atoms with Crippen LogP contribution >= 0.6 is 0 Å². The minimum atomic E-state index is -0.976. The van der Waals surface area contributed by atoms with E-state index in [4.69, 9.17) is 9.84 Å². The second-order valence-corrected chi connectivity index (χ2v) is 10.1. The lowest BCUT2D eigenvalue weighted by Gasteiger charge is -2.39. The van der Waals surface area contributed by atoms with Gasteiger partial charge in [0.2, 0.25) is 5.91 Å². The molecule has 0 unspecified atom stereocenters. The fourth-order valence-electron chi connectivity index (χ4n) is 5.55. The number of anilines is 1. The Bertz CT molecular complexity index is 1300. The Kier molecular flexibility index (Phi) is 6.98. The molecule has 0 aromatic heterocycles. The average molecular weight is 503 g/mol. The zero-order valence-electron chi connectivity index (χ0n) is 21.0. The lowest BCUT2D eigenvalue weighted by Crippen LogP contribution is -2.41. The van der Waals surface area contributed by atoms with Crippen molar-refractivity contribution in [2.24, 2.45) is 5.41 Å². The Balaban J connectivity index is 1.26. The second-order valence-electron chi connectivity index (χ2n) is 10.1. The first-order valence-corrected chi connectivity index (χ1v) is 12.7. The molecule has 6 nitrogen and oxygen atoms in total. The first-order valence-electron chi connectivity index (χ1n) is 12.7. The van der Waals surface area contributed by atoms with Gasteiger partial charge in [-0.15, -0.1) is 0 Å². The summed E-state index contributed by atoms with van der Waals surface area (Å²) in [6, 6.07) is 19.3. The van der Waals surface area contributed by atoms with E-state index in [1.807, 2.05) is 31.2 Å². The Morgan fingerprint density at radius 3 is 2.46 bits per heavy atom. The zero-order chi connectivity index (χ0) is 26.0. The Hall–Kier alpha value is -3.71. The number of likely N-dealkylation sites (tertiary alicyclic amines) is 1. The molecule has 1 spiro atoms. The summed E-state index contributed by atoms with van der Waals surface area (Å²) in [6.07, 6.45) is 2.33. The van der Waals surface area contributed by atoms with Gasteiger partial charge in [0.05, 0.1) is 12.2 Å². The molecule has 2 aliphatic rings. The van der Waals surface area contributed by atoms with Crippen molar-refractivity contribution in [1.29, 1.82) is 0 Å². The van der Waals surface area contributed by atoms with Gasteiger partial charge in [-0.2, -0.15) is 0 Å². The van der Waals surface area contributed by atoms with Crippen LogP contribution in [0.2, 0.25) is 0 Å². The third kappa shape index (κ3) is 5.37. The second kappa shape index (κ2) is 10.3. The minimum Gasteiger partial charge on any atom is -0.494 e. The number of piperidine rings is 1. The number of carbonyl (C=O) groups excluding carboxylic acids is 1. The van der Waals surface area contributed by atoms with Crippen LogP contribution in [0.15, 0.2) is 66.7 Å². The molecule has 1 N–H and O–H groups in total. The maximum Gasteiger partial charge on any atom is 0.335 e. The van der Waals surface area contributed by atoms with Crippen molar-refractivity contribution in [3.05, 3.63) is 83.7 Å². The van der Waals surface area contributed by atoms with Gasteiger partial charge in [-0.3, -0.25) is 9.69 Å². The van der Waals surface area contributed by atoms with E-state index in [0.29, 0.717) is 25.1 Å². The van der Waals surface area contributed by atoms with Crippen LogP contribution in [0, 0.1) is 11.2 Å². The van der Waals surface area contributed by atoms with Gasteiger partial charge >= 0.3 is 5.97 Å². The molecule has 0 bridgehead atoms.